The van der Waals surface area contributed by atoms with Crippen molar-refractivity contribution in [2.24, 2.45) is 0 Å². The fourth-order valence-electron chi connectivity index (χ4n) is 3.07. The van der Waals surface area contributed by atoms with Crippen LogP contribution in [0, 0.1) is 0 Å². The van der Waals surface area contributed by atoms with Crippen LogP contribution in [0.5, 0.6) is 5.75 Å². The normalized spacial score (nSPS) is 18.5. The Kier molecular flexibility index (Phi) is 3.99. The molecular weight excluding hydrogens is 290 g/mol. The van der Waals surface area contributed by atoms with E-state index in [9.17, 15) is 4.79 Å². The number of nitrogen functional groups attached to an aromatic ring is 1. The highest BCUT2D eigenvalue weighted by Gasteiger charge is 2.37. The maximum absolute atomic E-state index is 11.7. The SMILES string of the molecule is CCOC(=O)CCC1(C)Oc2ccccc2-c2ccc(N)cc21. The van der Waals surface area contributed by atoms with Crippen LogP contribution in [0.15, 0.2) is 42.5 Å². The average molecular weight is 311 g/mol. The van der Waals surface area contributed by atoms with Crippen LogP contribution in [0.3, 0.4) is 0 Å². The molecule has 0 spiro atoms. The summed E-state index contributed by atoms with van der Waals surface area (Å²) < 4.78 is 11.3. The molecule has 2 aromatic carbocycles. The molecule has 4 heteroatoms. The number of carbonyl (C=O) groups excluding carboxylic acids is 1. The number of fused-ring (bicyclic) bond motifs is 3. The smallest absolute Gasteiger partial charge is 0.305 e. The summed E-state index contributed by atoms with van der Waals surface area (Å²) in [4.78, 5) is 11.7. The van der Waals surface area contributed by atoms with Crippen LogP contribution in [0.4, 0.5) is 5.69 Å². The second-order valence-corrected chi connectivity index (χ2v) is 5.94. The van der Waals surface area contributed by atoms with E-state index in [1.807, 2.05) is 56.3 Å². The van der Waals surface area contributed by atoms with E-state index in [4.69, 9.17) is 15.2 Å². The predicted octanol–water partition coefficient (Wildman–Crippen LogP) is 3.89. The monoisotopic (exact) mass is 311 g/mol. The van der Waals surface area contributed by atoms with Crippen molar-refractivity contribution in [3.05, 3.63) is 48.0 Å². The number of anilines is 1. The number of hydrogen-bond acceptors (Lipinski definition) is 4. The van der Waals surface area contributed by atoms with E-state index >= 15 is 0 Å². The number of carbonyl (C=O) groups is 1. The summed E-state index contributed by atoms with van der Waals surface area (Å²) in [5, 5.41) is 0. The lowest BCUT2D eigenvalue weighted by Crippen LogP contribution is -2.34. The van der Waals surface area contributed by atoms with Crippen molar-refractivity contribution in [1.82, 2.24) is 0 Å². The number of hydrogen-bond donors (Lipinski definition) is 1. The predicted molar refractivity (Wildman–Crippen MR) is 90.1 cm³/mol. The zero-order valence-corrected chi connectivity index (χ0v) is 13.5. The van der Waals surface area contributed by atoms with Gasteiger partial charge in [-0.05, 0) is 37.6 Å². The van der Waals surface area contributed by atoms with Gasteiger partial charge in [-0.25, -0.2) is 0 Å². The van der Waals surface area contributed by atoms with Gasteiger partial charge in [0.1, 0.15) is 11.4 Å². The molecule has 1 heterocycles. The van der Waals surface area contributed by atoms with Crippen LogP contribution >= 0.6 is 0 Å². The lowest BCUT2D eigenvalue weighted by atomic mass is 9.82. The van der Waals surface area contributed by atoms with Crippen LogP contribution in [-0.2, 0) is 15.1 Å². The molecule has 0 saturated heterocycles. The Hall–Kier alpha value is -2.49. The molecule has 0 fully saturated rings. The molecular formula is C19H21NO3. The van der Waals surface area contributed by atoms with Gasteiger partial charge < -0.3 is 15.2 Å². The van der Waals surface area contributed by atoms with Gasteiger partial charge in [0.25, 0.3) is 0 Å². The Bertz CT molecular complexity index is 741. The van der Waals surface area contributed by atoms with Crippen molar-refractivity contribution in [2.45, 2.75) is 32.3 Å². The van der Waals surface area contributed by atoms with Crippen LogP contribution in [0.2, 0.25) is 0 Å². The molecule has 4 nitrogen and oxygen atoms in total. The number of para-hydroxylation sites is 1. The van der Waals surface area contributed by atoms with E-state index in [2.05, 4.69) is 0 Å². The van der Waals surface area contributed by atoms with Gasteiger partial charge >= 0.3 is 5.97 Å². The first-order chi connectivity index (χ1) is 11.0. The van der Waals surface area contributed by atoms with Crippen LogP contribution in [0.1, 0.15) is 32.3 Å². The van der Waals surface area contributed by atoms with E-state index in [0.717, 1.165) is 22.4 Å². The third kappa shape index (κ3) is 2.89. The quantitative estimate of drug-likeness (QED) is 0.687. The highest BCUT2D eigenvalue weighted by atomic mass is 16.5. The molecule has 0 amide bonds. The van der Waals surface area contributed by atoms with Gasteiger partial charge in [-0.15, -0.1) is 0 Å². The van der Waals surface area contributed by atoms with Gasteiger partial charge in [-0.1, -0.05) is 24.3 Å². The van der Waals surface area contributed by atoms with Crippen LogP contribution in [0.25, 0.3) is 11.1 Å². The second kappa shape index (κ2) is 5.95. The molecule has 2 aromatic rings. The van der Waals surface area contributed by atoms with Gasteiger partial charge in [0.05, 0.1) is 6.61 Å². The zero-order valence-electron chi connectivity index (χ0n) is 13.5. The largest absolute Gasteiger partial charge is 0.482 e. The average Bonchev–Trinajstić information content (AvgIpc) is 2.54. The Labute approximate surface area is 136 Å². The second-order valence-electron chi connectivity index (χ2n) is 5.94. The minimum Gasteiger partial charge on any atom is -0.482 e. The number of nitrogens with two attached hydrogens (primary N) is 1. The van der Waals surface area contributed by atoms with E-state index in [1.165, 1.54) is 0 Å². The zero-order chi connectivity index (χ0) is 16.4. The van der Waals surface area contributed by atoms with E-state index < -0.39 is 5.60 Å². The fourth-order valence-corrected chi connectivity index (χ4v) is 3.07. The molecule has 0 radical (unpaired) electrons. The van der Waals surface area contributed by atoms with Crippen molar-refractivity contribution in [1.29, 1.82) is 0 Å². The minimum absolute atomic E-state index is 0.207. The molecule has 0 aromatic heterocycles. The van der Waals surface area contributed by atoms with Crippen molar-refractivity contribution >= 4 is 11.7 Å². The van der Waals surface area contributed by atoms with Crippen LogP contribution in [-0.4, -0.2) is 12.6 Å². The van der Waals surface area contributed by atoms with Crippen molar-refractivity contribution in [3.63, 3.8) is 0 Å². The molecule has 23 heavy (non-hydrogen) atoms. The molecule has 0 bridgehead atoms. The molecule has 3 rings (SSSR count). The Balaban J connectivity index is 2.00. The van der Waals surface area contributed by atoms with Crippen molar-refractivity contribution < 1.29 is 14.3 Å². The molecule has 0 saturated carbocycles. The van der Waals surface area contributed by atoms with Crippen molar-refractivity contribution in [2.75, 3.05) is 12.3 Å². The molecule has 0 aliphatic carbocycles. The minimum atomic E-state index is -0.605. The lowest BCUT2D eigenvalue weighted by molar-refractivity contribution is -0.144. The first-order valence-electron chi connectivity index (χ1n) is 7.87. The molecule has 120 valence electrons. The lowest BCUT2D eigenvalue weighted by Gasteiger charge is -2.38. The van der Waals surface area contributed by atoms with E-state index in [0.29, 0.717) is 25.1 Å². The number of benzene rings is 2. The first-order valence-corrected chi connectivity index (χ1v) is 7.87. The standard InChI is InChI=1S/C19H21NO3/c1-3-22-18(21)10-11-19(2)16-12-13(20)8-9-14(16)15-6-4-5-7-17(15)23-19/h4-9,12H,3,10-11,20H2,1-2H3. The van der Waals surface area contributed by atoms with Gasteiger partial charge in [0.15, 0.2) is 0 Å². The molecule has 2 N–H and O–H groups in total. The highest BCUT2D eigenvalue weighted by molar-refractivity contribution is 5.78. The highest BCUT2D eigenvalue weighted by Crippen LogP contribution is 2.47. The summed E-state index contributed by atoms with van der Waals surface area (Å²) in [6.45, 7) is 4.20. The number of ether oxygens (including phenoxy) is 2. The summed E-state index contributed by atoms with van der Waals surface area (Å²) in [5.41, 5.74) is 9.23. The topological polar surface area (TPSA) is 61.5 Å². The first kappa shape index (κ1) is 15.4. The fraction of sp³-hybridized carbons (Fsp3) is 0.316. The van der Waals surface area contributed by atoms with E-state index in [-0.39, 0.29) is 5.97 Å². The third-order valence-corrected chi connectivity index (χ3v) is 4.24. The molecule has 1 aliphatic heterocycles. The van der Waals surface area contributed by atoms with Gasteiger partial charge in [0, 0.05) is 29.7 Å². The molecule has 1 atom stereocenters. The molecule has 1 unspecified atom stereocenters. The summed E-state index contributed by atoms with van der Waals surface area (Å²) in [5.74, 6) is 0.623. The van der Waals surface area contributed by atoms with E-state index in [1.54, 1.807) is 0 Å². The maximum atomic E-state index is 11.7. The van der Waals surface area contributed by atoms with Crippen LogP contribution < -0.4 is 10.5 Å². The van der Waals surface area contributed by atoms with Crippen molar-refractivity contribution in [3.8, 4) is 16.9 Å². The van der Waals surface area contributed by atoms with Gasteiger partial charge in [-0.2, -0.15) is 0 Å². The Morgan fingerprint density at radius 1 is 1.22 bits per heavy atom. The Morgan fingerprint density at radius 3 is 2.78 bits per heavy atom. The summed E-state index contributed by atoms with van der Waals surface area (Å²) in [6, 6.07) is 13.8. The summed E-state index contributed by atoms with van der Waals surface area (Å²) >= 11 is 0. The maximum Gasteiger partial charge on any atom is 0.305 e. The molecule has 1 aliphatic rings. The van der Waals surface area contributed by atoms with Gasteiger partial charge in [0.2, 0.25) is 0 Å². The summed E-state index contributed by atoms with van der Waals surface area (Å²) in [7, 11) is 0. The third-order valence-electron chi connectivity index (χ3n) is 4.24. The van der Waals surface area contributed by atoms with Gasteiger partial charge in [-0.3, -0.25) is 4.79 Å². The summed E-state index contributed by atoms with van der Waals surface area (Å²) in [6.07, 6.45) is 0.845. The number of rotatable bonds is 4. The number of esters is 1. The Morgan fingerprint density at radius 2 is 2.00 bits per heavy atom.